The molecule has 0 spiro atoms. The van der Waals surface area contributed by atoms with Crippen LogP contribution in [-0.4, -0.2) is 49.5 Å². The Hall–Kier alpha value is -4.47. The Morgan fingerprint density at radius 3 is 2.38 bits per heavy atom. The molecule has 0 radical (unpaired) electrons. The van der Waals surface area contributed by atoms with E-state index in [1.807, 2.05) is 75.0 Å². The Bertz CT molecular complexity index is 1470. The molecule has 39 heavy (non-hydrogen) atoms. The maximum Gasteiger partial charge on any atom is 0.338 e. The van der Waals surface area contributed by atoms with Crippen molar-refractivity contribution in [1.29, 1.82) is 0 Å². The minimum atomic E-state index is -0.994. The van der Waals surface area contributed by atoms with Crippen molar-refractivity contribution in [3.05, 3.63) is 78.1 Å². The lowest BCUT2D eigenvalue weighted by Gasteiger charge is -2.34. The topological polar surface area (TPSA) is 111 Å². The van der Waals surface area contributed by atoms with E-state index in [0.29, 0.717) is 34.4 Å². The van der Waals surface area contributed by atoms with Crippen LogP contribution in [0.2, 0.25) is 0 Å². The third-order valence-electron chi connectivity index (χ3n) is 6.75. The molecule has 204 valence electrons. The molecule has 1 atom stereocenters. The second-order valence-electron chi connectivity index (χ2n) is 9.94. The van der Waals surface area contributed by atoms with Gasteiger partial charge < -0.3 is 14.6 Å². The molecule has 0 saturated carbocycles. The number of esters is 1. The van der Waals surface area contributed by atoms with Crippen LogP contribution in [0, 0.1) is 0 Å². The van der Waals surface area contributed by atoms with E-state index in [-0.39, 0.29) is 25.0 Å². The molecule has 2 heterocycles. The van der Waals surface area contributed by atoms with Crippen molar-refractivity contribution < 1.29 is 19.1 Å². The average Bonchev–Trinajstić information content (AvgIpc) is 3.53. The SMILES string of the molecule is CCOC(=O)c1ccc(N(C(=O)Cn2nnc3ccccc32)C(C(=O)NC(C)(C)CC)c2cccn2C)cc1. The lowest BCUT2D eigenvalue weighted by Crippen LogP contribution is -2.51. The largest absolute Gasteiger partial charge is 0.462 e. The summed E-state index contributed by atoms with van der Waals surface area (Å²) in [6.07, 6.45) is 2.53. The number of benzene rings is 2. The molecule has 0 saturated heterocycles. The summed E-state index contributed by atoms with van der Waals surface area (Å²) in [7, 11) is 1.83. The number of carbonyl (C=O) groups is 3. The number of carbonyl (C=O) groups excluding carboxylic acids is 3. The third-order valence-corrected chi connectivity index (χ3v) is 6.75. The van der Waals surface area contributed by atoms with Crippen molar-refractivity contribution in [2.45, 2.75) is 52.2 Å². The monoisotopic (exact) mass is 530 g/mol. The molecule has 2 amide bonds. The number of amides is 2. The molecule has 0 aliphatic heterocycles. The molecule has 10 heteroatoms. The number of hydrogen-bond acceptors (Lipinski definition) is 6. The third kappa shape index (κ3) is 6.00. The molecule has 1 N–H and O–H groups in total. The average molecular weight is 531 g/mol. The lowest BCUT2D eigenvalue weighted by atomic mass is 10.00. The first-order valence-electron chi connectivity index (χ1n) is 13.0. The fourth-order valence-electron chi connectivity index (χ4n) is 4.28. The van der Waals surface area contributed by atoms with Gasteiger partial charge in [0, 0.05) is 24.5 Å². The number of nitrogens with one attached hydrogen (secondary N) is 1. The van der Waals surface area contributed by atoms with Crippen molar-refractivity contribution in [2.75, 3.05) is 11.5 Å². The lowest BCUT2D eigenvalue weighted by molar-refractivity contribution is -0.128. The van der Waals surface area contributed by atoms with E-state index in [2.05, 4.69) is 15.6 Å². The van der Waals surface area contributed by atoms with Crippen LogP contribution >= 0.6 is 0 Å². The summed E-state index contributed by atoms with van der Waals surface area (Å²) in [6.45, 7) is 7.71. The Labute approximate surface area is 227 Å². The van der Waals surface area contributed by atoms with Gasteiger partial charge >= 0.3 is 5.97 Å². The molecule has 0 bridgehead atoms. The molecule has 4 rings (SSSR count). The van der Waals surface area contributed by atoms with E-state index in [1.54, 1.807) is 31.2 Å². The van der Waals surface area contributed by atoms with Crippen LogP contribution in [-0.2, 0) is 27.9 Å². The normalized spacial score (nSPS) is 12.2. The van der Waals surface area contributed by atoms with E-state index in [0.717, 1.165) is 0 Å². The van der Waals surface area contributed by atoms with Crippen LogP contribution in [0.15, 0.2) is 66.9 Å². The fourth-order valence-corrected chi connectivity index (χ4v) is 4.28. The Kier molecular flexibility index (Phi) is 8.13. The van der Waals surface area contributed by atoms with E-state index in [9.17, 15) is 14.4 Å². The van der Waals surface area contributed by atoms with Crippen LogP contribution in [0.4, 0.5) is 5.69 Å². The molecule has 2 aromatic heterocycles. The summed E-state index contributed by atoms with van der Waals surface area (Å²) in [5, 5.41) is 11.4. The summed E-state index contributed by atoms with van der Waals surface area (Å²) >= 11 is 0. The second-order valence-corrected chi connectivity index (χ2v) is 9.94. The van der Waals surface area contributed by atoms with E-state index < -0.39 is 17.6 Å². The fraction of sp³-hybridized carbons (Fsp3) is 0.345. The number of aromatic nitrogens is 4. The van der Waals surface area contributed by atoms with Gasteiger partial charge in [-0.2, -0.15) is 0 Å². The highest BCUT2D eigenvalue weighted by Gasteiger charge is 2.36. The smallest absolute Gasteiger partial charge is 0.338 e. The van der Waals surface area contributed by atoms with Gasteiger partial charge in [-0.05, 0) is 75.7 Å². The van der Waals surface area contributed by atoms with E-state index in [1.165, 1.54) is 9.58 Å². The van der Waals surface area contributed by atoms with Gasteiger partial charge in [-0.1, -0.05) is 24.3 Å². The Balaban J connectivity index is 1.81. The van der Waals surface area contributed by atoms with Gasteiger partial charge in [0.25, 0.3) is 0 Å². The molecular weight excluding hydrogens is 496 g/mol. The standard InChI is InChI=1S/C29H34N6O4/c1-6-29(3,4)30-27(37)26(24-13-10-18-33(24)5)35(21-16-14-20(15-17-21)28(38)39-7-2)25(36)19-34-23-12-9-8-11-22(23)31-32-34/h8-18,26H,6-7,19H2,1-5H3,(H,30,37). The minimum absolute atomic E-state index is 0.147. The summed E-state index contributed by atoms with van der Waals surface area (Å²) in [5.41, 5.74) is 2.30. The number of aryl methyl sites for hydroxylation is 1. The number of nitrogens with zero attached hydrogens (tertiary/aromatic N) is 5. The Morgan fingerprint density at radius 2 is 1.74 bits per heavy atom. The van der Waals surface area contributed by atoms with Gasteiger partial charge in [0.15, 0.2) is 6.04 Å². The predicted molar refractivity (Wildman–Crippen MR) is 148 cm³/mol. The van der Waals surface area contributed by atoms with Crippen LogP contribution < -0.4 is 10.2 Å². The van der Waals surface area contributed by atoms with Crippen LogP contribution in [0.3, 0.4) is 0 Å². The predicted octanol–water partition coefficient (Wildman–Crippen LogP) is 4.03. The van der Waals surface area contributed by atoms with Crippen molar-refractivity contribution in [2.24, 2.45) is 7.05 Å². The number of rotatable bonds is 10. The molecular formula is C29H34N6O4. The highest BCUT2D eigenvalue weighted by atomic mass is 16.5. The first-order valence-corrected chi connectivity index (χ1v) is 13.0. The van der Waals surface area contributed by atoms with Gasteiger partial charge in [-0.25, -0.2) is 9.48 Å². The van der Waals surface area contributed by atoms with Crippen molar-refractivity contribution in [3.8, 4) is 0 Å². The van der Waals surface area contributed by atoms with Crippen molar-refractivity contribution in [3.63, 3.8) is 0 Å². The maximum absolute atomic E-state index is 14.1. The first-order chi connectivity index (χ1) is 18.6. The Morgan fingerprint density at radius 1 is 1.03 bits per heavy atom. The van der Waals surface area contributed by atoms with E-state index in [4.69, 9.17) is 4.74 Å². The number of para-hydroxylation sites is 1. The highest BCUT2D eigenvalue weighted by Crippen LogP contribution is 2.30. The van der Waals surface area contributed by atoms with Gasteiger partial charge in [-0.15, -0.1) is 5.10 Å². The number of hydrogen-bond donors (Lipinski definition) is 1. The summed E-state index contributed by atoms with van der Waals surface area (Å²) in [5.74, 6) is -1.16. The maximum atomic E-state index is 14.1. The van der Waals surface area contributed by atoms with Crippen molar-refractivity contribution in [1.82, 2.24) is 24.9 Å². The second kappa shape index (κ2) is 11.5. The van der Waals surface area contributed by atoms with Gasteiger partial charge in [-0.3, -0.25) is 14.5 Å². The minimum Gasteiger partial charge on any atom is -0.462 e. The van der Waals surface area contributed by atoms with Crippen LogP contribution in [0.1, 0.15) is 56.2 Å². The van der Waals surface area contributed by atoms with Gasteiger partial charge in [0.1, 0.15) is 12.1 Å². The van der Waals surface area contributed by atoms with Crippen LogP contribution in [0.5, 0.6) is 0 Å². The van der Waals surface area contributed by atoms with E-state index >= 15 is 0 Å². The number of ether oxygens (including phenoxy) is 1. The summed E-state index contributed by atoms with van der Waals surface area (Å²) in [4.78, 5) is 41.8. The molecule has 0 fully saturated rings. The summed E-state index contributed by atoms with van der Waals surface area (Å²) in [6, 6.07) is 16.5. The number of anilines is 1. The molecule has 0 aliphatic carbocycles. The molecule has 1 unspecified atom stereocenters. The number of fused-ring (bicyclic) bond motifs is 1. The molecule has 4 aromatic rings. The zero-order valence-electron chi connectivity index (χ0n) is 22.9. The molecule has 0 aliphatic rings. The molecule has 10 nitrogen and oxygen atoms in total. The quantitative estimate of drug-likeness (QED) is 0.310. The zero-order chi connectivity index (χ0) is 28.2. The van der Waals surface area contributed by atoms with Crippen LogP contribution in [0.25, 0.3) is 11.0 Å². The zero-order valence-corrected chi connectivity index (χ0v) is 22.9. The highest BCUT2D eigenvalue weighted by molar-refractivity contribution is 6.02. The van der Waals surface area contributed by atoms with Gasteiger partial charge in [0.2, 0.25) is 11.8 Å². The van der Waals surface area contributed by atoms with Gasteiger partial charge in [0.05, 0.1) is 23.4 Å². The first kappa shape index (κ1) is 27.6. The van der Waals surface area contributed by atoms with Crippen molar-refractivity contribution >= 4 is 34.5 Å². The molecule has 2 aromatic carbocycles. The summed E-state index contributed by atoms with van der Waals surface area (Å²) < 4.78 is 8.45.